The Bertz CT molecular complexity index is 242. The third kappa shape index (κ3) is 3.06. The first-order chi connectivity index (χ1) is 7.60. The van der Waals surface area contributed by atoms with Crippen LogP contribution in [-0.4, -0.2) is 23.7 Å². The smallest absolute Gasteiger partial charge is 0.245 e. The first kappa shape index (κ1) is 13.2. The van der Waals surface area contributed by atoms with Gasteiger partial charge in [0.15, 0.2) is 0 Å². The number of carbonyl (C=O) groups is 1. The Morgan fingerprint density at radius 1 is 1.38 bits per heavy atom. The fraction of sp³-hybridized carbons (Fsp3) is 0.846. The minimum absolute atomic E-state index is 0.119. The number of rotatable bonds is 4. The normalized spacial score (nSPS) is 25.5. The van der Waals surface area contributed by atoms with Crippen molar-refractivity contribution in [3.63, 3.8) is 0 Å². The lowest BCUT2D eigenvalue weighted by Crippen LogP contribution is -2.38. The highest BCUT2D eigenvalue weighted by atomic mass is 16.2. The van der Waals surface area contributed by atoms with Crippen LogP contribution in [0.1, 0.15) is 52.9 Å². The average Bonchev–Trinajstić information content (AvgIpc) is 2.29. The Balaban J connectivity index is 2.52. The molecule has 1 amide bonds. The standard InChI is InChI=1S/C13H24N2O/c1-5-11-6-8-12(9-7-11)13(16)15(14-4)10(2)3/h10-12H,4-9H2,1-3H3. The maximum atomic E-state index is 12.2. The molecule has 3 nitrogen and oxygen atoms in total. The molecule has 1 fully saturated rings. The second-order valence-corrected chi connectivity index (χ2v) is 5.04. The summed E-state index contributed by atoms with van der Waals surface area (Å²) in [6.45, 7) is 9.67. The van der Waals surface area contributed by atoms with E-state index in [0.29, 0.717) is 0 Å². The summed E-state index contributed by atoms with van der Waals surface area (Å²) in [7, 11) is 0. The summed E-state index contributed by atoms with van der Waals surface area (Å²) in [6.07, 6.45) is 5.67. The lowest BCUT2D eigenvalue weighted by Gasteiger charge is -2.31. The summed E-state index contributed by atoms with van der Waals surface area (Å²) < 4.78 is 0. The summed E-state index contributed by atoms with van der Waals surface area (Å²) in [5.74, 6) is 1.17. The first-order valence-corrected chi connectivity index (χ1v) is 6.39. The van der Waals surface area contributed by atoms with Gasteiger partial charge < -0.3 is 0 Å². The lowest BCUT2D eigenvalue weighted by atomic mass is 9.80. The van der Waals surface area contributed by atoms with Gasteiger partial charge in [-0.05, 0) is 45.4 Å². The van der Waals surface area contributed by atoms with Crippen molar-refractivity contribution < 1.29 is 4.79 Å². The Morgan fingerprint density at radius 2 is 1.94 bits per heavy atom. The topological polar surface area (TPSA) is 32.7 Å². The fourth-order valence-electron chi connectivity index (χ4n) is 2.49. The predicted octanol–water partition coefficient (Wildman–Crippen LogP) is 3.06. The Kier molecular flexibility index (Phi) is 4.97. The van der Waals surface area contributed by atoms with Crippen LogP contribution in [0, 0.1) is 11.8 Å². The van der Waals surface area contributed by atoms with Gasteiger partial charge in [0, 0.05) is 18.7 Å². The summed E-state index contributed by atoms with van der Waals surface area (Å²) in [5.41, 5.74) is 0. The van der Waals surface area contributed by atoms with Crippen molar-refractivity contribution in [3.8, 4) is 0 Å². The van der Waals surface area contributed by atoms with E-state index >= 15 is 0 Å². The van der Waals surface area contributed by atoms with E-state index < -0.39 is 0 Å². The van der Waals surface area contributed by atoms with Crippen molar-refractivity contribution in [1.82, 2.24) is 5.01 Å². The number of carbonyl (C=O) groups excluding carboxylic acids is 1. The van der Waals surface area contributed by atoms with Crippen molar-refractivity contribution in [2.75, 3.05) is 0 Å². The van der Waals surface area contributed by atoms with E-state index in [2.05, 4.69) is 18.7 Å². The zero-order valence-corrected chi connectivity index (χ0v) is 10.8. The molecule has 1 aliphatic rings. The Hall–Kier alpha value is -0.860. The van der Waals surface area contributed by atoms with Crippen LogP contribution >= 0.6 is 0 Å². The second kappa shape index (κ2) is 6.02. The average molecular weight is 224 g/mol. The quantitative estimate of drug-likeness (QED) is 0.533. The molecule has 0 aromatic heterocycles. The highest BCUT2D eigenvalue weighted by Crippen LogP contribution is 2.31. The molecular formula is C13H24N2O. The summed E-state index contributed by atoms with van der Waals surface area (Å²) in [5, 5.41) is 5.37. The number of hydrogen-bond donors (Lipinski definition) is 0. The number of nitrogens with zero attached hydrogens (tertiary/aromatic N) is 2. The zero-order chi connectivity index (χ0) is 12.1. The van der Waals surface area contributed by atoms with Gasteiger partial charge in [0.25, 0.3) is 0 Å². The fourth-order valence-corrected chi connectivity index (χ4v) is 2.49. The van der Waals surface area contributed by atoms with Gasteiger partial charge in [-0.3, -0.25) is 4.79 Å². The maximum absolute atomic E-state index is 12.2. The van der Waals surface area contributed by atoms with Crippen LogP contribution < -0.4 is 0 Å². The van der Waals surface area contributed by atoms with Crippen molar-refractivity contribution in [2.45, 2.75) is 58.9 Å². The molecule has 0 bridgehead atoms. The van der Waals surface area contributed by atoms with Gasteiger partial charge in [0.1, 0.15) is 0 Å². The van der Waals surface area contributed by atoms with Gasteiger partial charge in [0.2, 0.25) is 5.91 Å². The van der Waals surface area contributed by atoms with E-state index in [9.17, 15) is 4.79 Å². The number of hydrogen-bond acceptors (Lipinski definition) is 2. The Morgan fingerprint density at radius 3 is 2.31 bits per heavy atom. The third-order valence-corrected chi connectivity index (χ3v) is 3.64. The van der Waals surface area contributed by atoms with Crippen LogP contribution in [0.25, 0.3) is 0 Å². The predicted molar refractivity (Wildman–Crippen MR) is 67.3 cm³/mol. The lowest BCUT2D eigenvalue weighted by molar-refractivity contribution is -0.138. The van der Waals surface area contributed by atoms with Crippen molar-refractivity contribution >= 4 is 12.6 Å². The first-order valence-electron chi connectivity index (χ1n) is 6.39. The van der Waals surface area contributed by atoms with E-state index in [1.165, 1.54) is 24.3 Å². The van der Waals surface area contributed by atoms with Gasteiger partial charge in [-0.15, -0.1) is 0 Å². The molecule has 3 heteroatoms. The summed E-state index contributed by atoms with van der Waals surface area (Å²) in [4.78, 5) is 12.2. The van der Waals surface area contributed by atoms with Gasteiger partial charge in [-0.1, -0.05) is 13.3 Å². The molecule has 0 aromatic rings. The molecule has 0 unspecified atom stereocenters. The van der Waals surface area contributed by atoms with Crippen molar-refractivity contribution in [1.29, 1.82) is 0 Å². The monoisotopic (exact) mass is 224 g/mol. The molecule has 1 aliphatic carbocycles. The molecule has 0 aromatic carbocycles. The van der Waals surface area contributed by atoms with Crippen molar-refractivity contribution in [2.24, 2.45) is 16.9 Å². The largest absolute Gasteiger partial charge is 0.273 e. The number of hydrazone groups is 1. The highest BCUT2D eigenvalue weighted by Gasteiger charge is 2.29. The van der Waals surface area contributed by atoms with Crippen LogP contribution in [0.4, 0.5) is 0 Å². The van der Waals surface area contributed by atoms with Gasteiger partial charge in [0.05, 0.1) is 0 Å². The SMILES string of the molecule is C=NN(C(=O)C1CCC(CC)CC1)C(C)C. The van der Waals surface area contributed by atoms with Gasteiger partial charge in [-0.25, -0.2) is 5.01 Å². The summed E-state index contributed by atoms with van der Waals surface area (Å²) >= 11 is 0. The minimum atomic E-state index is 0.119. The van der Waals surface area contributed by atoms with Crippen LogP contribution in [0.3, 0.4) is 0 Å². The molecule has 0 atom stereocenters. The van der Waals surface area contributed by atoms with Crippen LogP contribution in [0.2, 0.25) is 0 Å². The molecule has 16 heavy (non-hydrogen) atoms. The van der Waals surface area contributed by atoms with Crippen LogP contribution in [0.5, 0.6) is 0 Å². The van der Waals surface area contributed by atoms with Crippen LogP contribution in [-0.2, 0) is 4.79 Å². The van der Waals surface area contributed by atoms with E-state index in [-0.39, 0.29) is 17.9 Å². The molecule has 1 rings (SSSR count). The molecule has 0 aliphatic heterocycles. The Labute approximate surface area is 98.9 Å². The molecule has 0 radical (unpaired) electrons. The van der Waals surface area contributed by atoms with Crippen molar-refractivity contribution in [3.05, 3.63) is 0 Å². The van der Waals surface area contributed by atoms with Gasteiger partial charge >= 0.3 is 0 Å². The van der Waals surface area contributed by atoms with Crippen LogP contribution in [0.15, 0.2) is 5.10 Å². The molecule has 0 saturated heterocycles. The third-order valence-electron chi connectivity index (χ3n) is 3.64. The molecule has 1 saturated carbocycles. The molecular weight excluding hydrogens is 200 g/mol. The van der Waals surface area contributed by atoms with E-state index in [1.54, 1.807) is 0 Å². The van der Waals surface area contributed by atoms with E-state index in [1.807, 2.05) is 13.8 Å². The molecule has 0 heterocycles. The van der Waals surface area contributed by atoms with Gasteiger partial charge in [-0.2, -0.15) is 5.10 Å². The number of amides is 1. The van der Waals surface area contributed by atoms with E-state index in [0.717, 1.165) is 18.8 Å². The van der Waals surface area contributed by atoms with E-state index in [4.69, 9.17) is 0 Å². The highest BCUT2D eigenvalue weighted by molar-refractivity contribution is 5.79. The second-order valence-electron chi connectivity index (χ2n) is 5.04. The molecule has 92 valence electrons. The summed E-state index contributed by atoms with van der Waals surface area (Å²) in [6, 6.07) is 0.119. The molecule has 0 N–H and O–H groups in total. The molecule has 0 spiro atoms. The maximum Gasteiger partial charge on any atom is 0.245 e. The zero-order valence-electron chi connectivity index (χ0n) is 10.8. The minimum Gasteiger partial charge on any atom is -0.273 e.